The number of rotatable bonds is 5. The summed E-state index contributed by atoms with van der Waals surface area (Å²) in [6.45, 7) is 2.38. The molecule has 1 fully saturated rings. The summed E-state index contributed by atoms with van der Waals surface area (Å²) in [6.07, 6.45) is 1.50. The molecule has 118 valence electrons. The minimum Gasteiger partial charge on any atom is -0.484 e. The molecule has 1 aromatic rings. The number of ether oxygens (including phenoxy) is 1. The molecular weight excluding hydrogens is 284 g/mol. The first-order chi connectivity index (χ1) is 10.5. The third kappa shape index (κ3) is 4.07. The third-order valence-electron chi connectivity index (χ3n) is 3.80. The number of carbonyl (C=O) groups is 3. The molecule has 2 N–H and O–H groups in total. The Kier molecular flexibility index (Phi) is 5.14. The van der Waals surface area contributed by atoms with Crippen LogP contribution in [0.2, 0.25) is 0 Å². The van der Waals surface area contributed by atoms with Crippen molar-refractivity contribution in [3.63, 3.8) is 0 Å². The number of Topliss-reactive ketones (excluding diaryl/α,β-unsaturated/α-hetero) is 1. The molecule has 1 unspecified atom stereocenters. The topological polar surface area (TPSA) is 89.7 Å². The van der Waals surface area contributed by atoms with E-state index in [0.717, 1.165) is 12.8 Å². The highest BCUT2D eigenvalue weighted by Crippen LogP contribution is 2.17. The molecule has 1 atom stereocenters. The summed E-state index contributed by atoms with van der Waals surface area (Å²) in [6, 6.07) is 6.64. The van der Waals surface area contributed by atoms with Crippen LogP contribution in [0, 0.1) is 5.92 Å². The molecule has 2 rings (SSSR count). The number of piperidine rings is 1. The fourth-order valence-electron chi connectivity index (χ4n) is 2.46. The number of hydrogen-bond acceptors (Lipinski definition) is 4. The molecule has 1 aliphatic rings. The number of amides is 2. The zero-order chi connectivity index (χ0) is 16.1. The lowest BCUT2D eigenvalue weighted by molar-refractivity contribution is -0.136. The maximum atomic E-state index is 12.1. The Morgan fingerprint density at radius 3 is 2.55 bits per heavy atom. The van der Waals surface area contributed by atoms with Gasteiger partial charge in [0, 0.05) is 18.7 Å². The van der Waals surface area contributed by atoms with E-state index in [2.05, 4.69) is 0 Å². The van der Waals surface area contributed by atoms with Crippen LogP contribution in [-0.4, -0.2) is 42.2 Å². The van der Waals surface area contributed by atoms with Gasteiger partial charge in [0.05, 0.1) is 5.92 Å². The zero-order valence-electron chi connectivity index (χ0n) is 12.6. The second-order valence-corrected chi connectivity index (χ2v) is 5.45. The van der Waals surface area contributed by atoms with E-state index in [1.165, 1.54) is 6.92 Å². The Morgan fingerprint density at radius 1 is 1.27 bits per heavy atom. The van der Waals surface area contributed by atoms with Crippen molar-refractivity contribution in [2.45, 2.75) is 19.8 Å². The van der Waals surface area contributed by atoms with Crippen LogP contribution in [-0.2, 0) is 9.59 Å². The second-order valence-electron chi connectivity index (χ2n) is 5.45. The van der Waals surface area contributed by atoms with Gasteiger partial charge in [0.25, 0.3) is 5.91 Å². The number of hydrogen-bond donors (Lipinski definition) is 1. The fraction of sp³-hybridized carbons (Fsp3) is 0.438. The molecule has 1 aromatic carbocycles. The Balaban J connectivity index is 1.86. The van der Waals surface area contributed by atoms with E-state index in [-0.39, 0.29) is 30.1 Å². The minimum absolute atomic E-state index is 0.0200. The molecule has 1 saturated heterocycles. The smallest absolute Gasteiger partial charge is 0.260 e. The van der Waals surface area contributed by atoms with E-state index < -0.39 is 0 Å². The Bertz CT molecular complexity index is 568. The van der Waals surface area contributed by atoms with Crippen LogP contribution in [0.15, 0.2) is 24.3 Å². The lowest BCUT2D eigenvalue weighted by Crippen LogP contribution is -2.45. The van der Waals surface area contributed by atoms with Crippen molar-refractivity contribution >= 4 is 17.6 Å². The summed E-state index contributed by atoms with van der Waals surface area (Å²) < 4.78 is 5.43. The number of likely N-dealkylation sites (tertiary alicyclic amines) is 1. The number of benzene rings is 1. The van der Waals surface area contributed by atoms with Crippen LogP contribution >= 0.6 is 0 Å². The van der Waals surface area contributed by atoms with Crippen LogP contribution < -0.4 is 10.5 Å². The predicted molar refractivity (Wildman–Crippen MR) is 80.4 cm³/mol. The lowest BCUT2D eigenvalue weighted by atomic mass is 9.97. The van der Waals surface area contributed by atoms with Gasteiger partial charge in [-0.1, -0.05) is 0 Å². The van der Waals surface area contributed by atoms with Crippen molar-refractivity contribution in [2.75, 3.05) is 19.7 Å². The van der Waals surface area contributed by atoms with Gasteiger partial charge in [0.15, 0.2) is 12.4 Å². The first-order valence-electron chi connectivity index (χ1n) is 7.28. The molecule has 22 heavy (non-hydrogen) atoms. The van der Waals surface area contributed by atoms with Crippen molar-refractivity contribution in [1.29, 1.82) is 0 Å². The maximum Gasteiger partial charge on any atom is 0.260 e. The summed E-state index contributed by atoms with van der Waals surface area (Å²) >= 11 is 0. The SMILES string of the molecule is CC(=O)c1ccc(OCC(=O)N2CCCC(C(N)=O)C2)cc1. The number of nitrogens with zero attached hydrogens (tertiary/aromatic N) is 1. The van der Waals surface area contributed by atoms with E-state index in [4.69, 9.17) is 10.5 Å². The first-order valence-corrected chi connectivity index (χ1v) is 7.28. The number of primary amides is 1. The normalized spacial score (nSPS) is 17.9. The average Bonchev–Trinajstić information content (AvgIpc) is 2.53. The Labute approximate surface area is 129 Å². The quantitative estimate of drug-likeness (QED) is 0.821. The van der Waals surface area contributed by atoms with Gasteiger partial charge in [-0.25, -0.2) is 0 Å². The van der Waals surface area contributed by atoms with Crippen molar-refractivity contribution in [1.82, 2.24) is 4.90 Å². The van der Waals surface area contributed by atoms with Gasteiger partial charge in [0.1, 0.15) is 5.75 Å². The lowest BCUT2D eigenvalue weighted by Gasteiger charge is -2.31. The summed E-state index contributed by atoms with van der Waals surface area (Å²) in [4.78, 5) is 36.1. The Hall–Kier alpha value is -2.37. The van der Waals surface area contributed by atoms with Crippen molar-refractivity contribution < 1.29 is 19.1 Å². The summed E-state index contributed by atoms with van der Waals surface area (Å²) in [7, 11) is 0. The average molecular weight is 304 g/mol. The highest BCUT2D eigenvalue weighted by atomic mass is 16.5. The van der Waals surface area contributed by atoms with Crippen molar-refractivity contribution in [2.24, 2.45) is 11.7 Å². The van der Waals surface area contributed by atoms with Crippen molar-refractivity contribution in [3.8, 4) is 5.75 Å². The molecule has 0 radical (unpaired) electrons. The van der Waals surface area contributed by atoms with Gasteiger partial charge in [-0.2, -0.15) is 0 Å². The third-order valence-corrected chi connectivity index (χ3v) is 3.80. The molecule has 1 heterocycles. The molecule has 0 saturated carbocycles. The molecule has 6 heteroatoms. The highest BCUT2D eigenvalue weighted by Gasteiger charge is 2.26. The van der Waals surface area contributed by atoms with Crippen LogP contribution in [0.4, 0.5) is 0 Å². The van der Waals surface area contributed by atoms with Crippen molar-refractivity contribution in [3.05, 3.63) is 29.8 Å². The number of ketones is 1. The largest absolute Gasteiger partial charge is 0.484 e. The zero-order valence-corrected chi connectivity index (χ0v) is 12.6. The Morgan fingerprint density at radius 2 is 1.95 bits per heavy atom. The standard InChI is InChI=1S/C16H20N2O4/c1-11(19)12-4-6-14(7-5-12)22-10-15(20)18-8-2-3-13(9-18)16(17)21/h4-7,13H,2-3,8-10H2,1H3,(H2,17,21). The van der Waals surface area contributed by atoms with Gasteiger partial charge < -0.3 is 15.4 Å². The summed E-state index contributed by atoms with van der Waals surface area (Å²) in [5.74, 6) is -0.289. The first kappa shape index (κ1) is 16.0. The number of carbonyl (C=O) groups excluding carboxylic acids is 3. The van der Waals surface area contributed by atoms with E-state index in [1.807, 2.05) is 0 Å². The van der Waals surface area contributed by atoms with E-state index >= 15 is 0 Å². The minimum atomic E-state index is -0.363. The maximum absolute atomic E-state index is 12.1. The summed E-state index contributed by atoms with van der Waals surface area (Å²) in [5, 5.41) is 0. The summed E-state index contributed by atoms with van der Waals surface area (Å²) in [5.41, 5.74) is 5.89. The molecule has 0 spiro atoms. The van der Waals surface area contributed by atoms with Gasteiger partial charge >= 0.3 is 0 Å². The second kappa shape index (κ2) is 7.06. The molecule has 6 nitrogen and oxygen atoms in total. The van der Waals surface area contributed by atoms with E-state index in [9.17, 15) is 14.4 Å². The van der Waals surface area contributed by atoms with Gasteiger partial charge in [0.2, 0.25) is 5.91 Å². The highest BCUT2D eigenvalue weighted by molar-refractivity contribution is 5.94. The van der Waals surface area contributed by atoms with Crippen LogP contribution in [0.5, 0.6) is 5.75 Å². The molecule has 0 aromatic heterocycles. The van der Waals surface area contributed by atoms with E-state index in [1.54, 1.807) is 29.2 Å². The van der Waals surface area contributed by atoms with E-state index in [0.29, 0.717) is 24.4 Å². The molecule has 2 amide bonds. The van der Waals surface area contributed by atoms with Crippen LogP contribution in [0.3, 0.4) is 0 Å². The fourth-order valence-corrected chi connectivity index (χ4v) is 2.46. The molecular formula is C16H20N2O4. The molecule has 1 aliphatic heterocycles. The molecule has 0 aliphatic carbocycles. The van der Waals surface area contributed by atoms with Gasteiger partial charge in [-0.05, 0) is 44.0 Å². The molecule has 0 bridgehead atoms. The predicted octanol–water partition coefficient (Wildman–Crippen LogP) is 0.992. The number of nitrogens with two attached hydrogens (primary N) is 1. The van der Waals surface area contributed by atoms with Crippen LogP contribution in [0.25, 0.3) is 0 Å². The van der Waals surface area contributed by atoms with Gasteiger partial charge in [-0.15, -0.1) is 0 Å². The monoisotopic (exact) mass is 304 g/mol. The van der Waals surface area contributed by atoms with Gasteiger partial charge in [-0.3, -0.25) is 14.4 Å². The van der Waals surface area contributed by atoms with Crippen LogP contribution in [0.1, 0.15) is 30.1 Å².